The molecule has 0 amide bonds. The van der Waals surface area contributed by atoms with Gasteiger partial charge in [0.25, 0.3) is 0 Å². The van der Waals surface area contributed by atoms with E-state index in [4.69, 9.17) is 5.11 Å². The van der Waals surface area contributed by atoms with E-state index in [0.29, 0.717) is 6.42 Å². The van der Waals surface area contributed by atoms with Crippen molar-refractivity contribution in [3.8, 4) is 0 Å². The Labute approximate surface area is 99.3 Å². The lowest BCUT2D eigenvalue weighted by molar-refractivity contribution is 0.299. The summed E-state index contributed by atoms with van der Waals surface area (Å²) in [6, 6.07) is 8.36. The number of pyridine rings is 1. The third-order valence-electron chi connectivity index (χ3n) is 3.27. The van der Waals surface area contributed by atoms with E-state index in [9.17, 15) is 0 Å². The van der Waals surface area contributed by atoms with E-state index >= 15 is 0 Å². The maximum atomic E-state index is 8.99. The minimum absolute atomic E-state index is 0.189. The van der Waals surface area contributed by atoms with Crippen LogP contribution in [0.4, 0.5) is 0 Å². The first-order chi connectivity index (χ1) is 8.31. The quantitative estimate of drug-likeness (QED) is 0.728. The van der Waals surface area contributed by atoms with Gasteiger partial charge in [-0.15, -0.1) is 0 Å². The summed E-state index contributed by atoms with van der Waals surface area (Å²) in [5, 5.41) is 11.4. The molecule has 0 saturated heterocycles. The average Bonchev–Trinajstić information content (AvgIpc) is 2.65. The van der Waals surface area contributed by atoms with Crippen molar-refractivity contribution < 1.29 is 5.11 Å². The molecule has 2 heterocycles. The van der Waals surface area contributed by atoms with Crippen molar-refractivity contribution in [3.05, 3.63) is 42.2 Å². The summed E-state index contributed by atoms with van der Waals surface area (Å²) >= 11 is 0. The minimum atomic E-state index is 0.189. The second-order valence-corrected chi connectivity index (χ2v) is 4.28. The minimum Gasteiger partial charge on any atom is -0.396 e. The first-order valence-corrected chi connectivity index (χ1v) is 5.73. The van der Waals surface area contributed by atoms with E-state index in [1.807, 2.05) is 18.5 Å². The zero-order valence-electron chi connectivity index (χ0n) is 9.72. The van der Waals surface area contributed by atoms with Gasteiger partial charge in [0.1, 0.15) is 0 Å². The van der Waals surface area contributed by atoms with Crippen LogP contribution < -0.4 is 0 Å². The van der Waals surface area contributed by atoms with E-state index in [0.717, 1.165) is 5.56 Å². The summed E-state index contributed by atoms with van der Waals surface area (Å²) < 4.78 is 2.18. The zero-order chi connectivity index (χ0) is 11.8. The highest BCUT2D eigenvalue weighted by atomic mass is 16.2. The SMILES string of the molecule is Cn1c2ccncc2c2cc(CCO)ccc21. The molecule has 0 spiro atoms. The molecule has 0 fully saturated rings. The van der Waals surface area contributed by atoms with Crippen molar-refractivity contribution in [1.82, 2.24) is 9.55 Å². The van der Waals surface area contributed by atoms with Gasteiger partial charge in [0.2, 0.25) is 0 Å². The van der Waals surface area contributed by atoms with Crippen LogP contribution in [0.3, 0.4) is 0 Å². The molecule has 0 aliphatic heterocycles. The normalized spacial score (nSPS) is 11.4. The fourth-order valence-electron chi connectivity index (χ4n) is 2.39. The standard InChI is InChI=1S/C14H14N2O/c1-16-13-3-2-10(5-7-17)8-11(13)12-9-15-6-4-14(12)16/h2-4,6,8-9,17H,5,7H2,1H3. The summed E-state index contributed by atoms with van der Waals surface area (Å²) in [5.41, 5.74) is 3.56. The molecule has 0 aliphatic rings. The molecular formula is C14H14N2O. The molecule has 0 bridgehead atoms. The lowest BCUT2D eigenvalue weighted by Gasteiger charge is -2.00. The highest BCUT2D eigenvalue weighted by Crippen LogP contribution is 2.27. The molecule has 0 radical (unpaired) electrons. The fourth-order valence-corrected chi connectivity index (χ4v) is 2.39. The molecule has 3 heteroatoms. The second kappa shape index (κ2) is 3.86. The molecule has 0 unspecified atom stereocenters. The first kappa shape index (κ1) is 10.3. The second-order valence-electron chi connectivity index (χ2n) is 4.28. The molecule has 3 rings (SSSR count). The number of aliphatic hydroxyl groups excluding tert-OH is 1. The van der Waals surface area contributed by atoms with Gasteiger partial charge in [-0.3, -0.25) is 4.98 Å². The van der Waals surface area contributed by atoms with Crippen LogP contribution in [0.25, 0.3) is 21.8 Å². The topological polar surface area (TPSA) is 38.0 Å². The third kappa shape index (κ3) is 1.51. The lowest BCUT2D eigenvalue weighted by Crippen LogP contribution is -1.90. The Morgan fingerprint density at radius 1 is 1.18 bits per heavy atom. The summed E-state index contributed by atoms with van der Waals surface area (Å²) in [6.07, 6.45) is 4.42. The summed E-state index contributed by atoms with van der Waals surface area (Å²) in [7, 11) is 2.07. The van der Waals surface area contributed by atoms with Gasteiger partial charge in [0.15, 0.2) is 0 Å². The molecule has 1 aromatic carbocycles. The molecule has 1 N–H and O–H groups in total. The van der Waals surface area contributed by atoms with Gasteiger partial charge in [-0.05, 0) is 30.2 Å². The van der Waals surface area contributed by atoms with Crippen LogP contribution in [0.2, 0.25) is 0 Å². The number of hydrogen-bond donors (Lipinski definition) is 1. The number of rotatable bonds is 2. The molecule has 17 heavy (non-hydrogen) atoms. The van der Waals surface area contributed by atoms with E-state index < -0.39 is 0 Å². The van der Waals surface area contributed by atoms with E-state index in [1.54, 1.807) is 0 Å². The Balaban J connectivity index is 2.38. The Bertz CT molecular complexity index is 685. The van der Waals surface area contributed by atoms with Crippen molar-refractivity contribution in [2.45, 2.75) is 6.42 Å². The van der Waals surface area contributed by atoms with Gasteiger partial charge in [-0.2, -0.15) is 0 Å². The number of aryl methyl sites for hydroxylation is 1. The monoisotopic (exact) mass is 226 g/mol. The van der Waals surface area contributed by atoms with Gasteiger partial charge in [0.05, 0.1) is 5.52 Å². The predicted octanol–water partition coefficient (Wildman–Crippen LogP) is 2.26. The van der Waals surface area contributed by atoms with E-state index in [2.05, 4.69) is 34.8 Å². The van der Waals surface area contributed by atoms with Crippen LogP contribution in [-0.4, -0.2) is 21.3 Å². The van der Waals surface area contributed by atoms with E-state index in [1.165, 1.54) is 21.8 Å². The molecule has 2 aromatic heterocycles. The van der Waals surface area contributed by atoms with Gasteiger partial charge in [0, 0.05) is 42.3 Å². The van der Waals surface area contributed by atoms with Crippen LogP contribution in [-0.2, 0) is 13.5 Å². The van der Waals surface area contributed by atoms with E-state index in [-0.39, 0.29) is 6.61 Å². The number of aliphatic hydroxyl groups is 1. The Hall–Kier alpha value is -1.87. The Morgan fingerprint density at radius 3 is 2.82 bits per heavy atom. The maximum absolute atomic E-state index is 8.99. The predicted molar refractivity (Wildman–Crippen MR) is 69.0 cm³/mol. The maximum Gasteiger partial charge on any atom is 0.0519 e. The lowest BCUT2D eigenvalue weighted by atomic mass is 10.1. The average molecular weight is 226 g/mol. The third-order valence-corrected chi connectivity index (χ3v) is 3.27. The van der Waals surface area contributed by atoms with Gasteiger partial charge in [-0.1, -0.05) is 6.07 Å². The number of hydrogen-bond acceptors (Lipinski definition) is 2. The highest BCUT2D eigenvalue weighted by Gasteiger charge is 2.08. The number of aromatic nitrogens is 2. The molecule has 3 nitrogen and oxygen atoms in total. The smallest absolute Gasteiger partial charge is 0.0519 e. The fraction of sp³-hybridized carbons (Fsp3) is 0.214. The van der Waals surface area contributed by atoms with Gasteiger partial charge in [-0.25, -0.2) is 0 Å². The van der Waals surface area contributed by atoms with Crippen LogP contribution in [0, 0.1) is 0 Å². The largest absolute Gasteiger partial charge is 0.396 e. The molecule has 0 saturated carbocycles. The Morgan fingerprint density at radius 2 is 2.00 bits per heavy atom. The van der Waals surface area contributed by atoms with Crippen molar-refractivity contribution >= 4 is 21.8 Å². The highest BCUT2D eigenvalue weighted by molar-refractivity contribution is 6.07. The summed E-state index contributed by atoms with van der Waals surface area (Å²) in [4.78, 5) is 4.19. The van der Waals surface area contributed by atoms with Crippen LogP contribution in [0.15, 0.2) is 36.7 Å². The van der Waals surface area contributed by atoms with Crippen molar-refractivity contribution in [2.75, 3.05) is 6.61 Å². The van der Waals surface area contributed by atoms with Crippen LogP contribution in [0.1, 0.15) is 5.56 Å². The van der Waals surface area contributed by atoms with Gasteiger partial charge < -0.3 is 9.67 Å². The summed E-state index contributed by atoms with van der Waals surface area (Å²) in [6.45, 7) is 0.189. The molecule has 0 aliphatic carbocycles. The summed E-state index contributed by atoms with van der Waals surface area (Å²) in [5.74, 6) is 0. The first-order valence-electron chi connectivity index (χ1n) is 5.73. The Kier molecular flexibility index (Phi) is 2.34. The number of fused-ring (bicyclic) bond motifs is 3. The van der Waals surface area contributed by atoms with Crippen molar-refractivity contribution in [1.29, 1.82) is 0 Å². The van der Waals surface area contributed by atoms with Crippen molar-refractivity contribution in [2.24, 2.45) is 7.05 Å². The van der Waals surface area contributed by atoms with Gasteiger partial charge >= 0.3 is 0 Å². The number of benzene rings is 1. The zero-order valence-corrected chi connectivity index (χ0v) is 9.72. The molecule has 0 atom stereocenters. The van der Waals surface area contributed by atoms with Crippen LogP contribution >= 0.6 is 0 Å². The van der Waals surface area contributed by atoms with Crippen LogP contribution in [0.5, 0.6) is 0 Å². The molecular weight excluding hydrogens is 212 g/mol. The molecule has 86 valence electrons. The van der Waals surface area contributed by atoms with Crippen molar-refractivity contribution in [3.63, 3.8) is 0 Å². The number of nitrogens with zero attached hydrogens (tertiary/aromatic N) is 2. The molecule has 3 aromatic rings.